The highest BCUT2D eigenvalue weighted by atomic mass is 16.2. The molecule has 142 valence electrons. The first kappa shape index (κ1) is 18.5. The van der Waals surface area contributed by atoms with E-state index in [1.165, 1.54) is 17.7 Å². The van der Waals surface area contributed by atoms with Crippen LogP contribution in [0, 0.1) is 0 Å². The van der Waals surface area contributed by atoms with Gasteiger partial charge in [0, 0.05) is 44.8 Å². The van der Waals surface area contributed by atoms with Crippen LogP contribution in [0.4, 0.5) is 10.5 Å². The lowest BCUT2D eigenvalue weighted by Gasteiger charge is -2.33. The number of hydrogen-bond donors (Lipinski definition) is 2. The van der Waals surface area contributed by atoms with Gasteiger partial charge in [0.25, 0.3) is 0 Å². The van der Waals surface area contributed by atoms with Gasteiger partial charge in [-0.2, -0.15) is 0 Å². The normalized spacial score (nSPS) is 20.9. The van der Waals surface area contributed by atoms with Gasteiger partial charge in [0.05, 0.1) is 0 Å². The molecule has 3 rings (SSSR count). The van der Waals surface area contributed by atoms with E-state index in [0.717, 1.165) is 38.9 Å². The van der Waals surface area contributed by atoms with Gasteiger partial charge in [-0.25, -0.2) is 4.79 Å². The van der Waals surface area contributed by atoms with Crippen molar-refractivity contribution in [1.29, 1.82) is 0 Å². The first-order valence-electron chi connectivity index (χ1n) is 9.69. The Morgan fingerprint density at radius 2 is 1.88 bits per heavy atom. The Hall–Kier alpha value is -2.24. The van der Waals surface area contributed by atoms with Crippen LogP contribution in [-0.4, -0.2) is 56.1 Å². The van der Waals surface area contributed by atoms with Gasteiger partial charge in [-0.1, -0.05) is 18.2 Å². The van der Waals surface area contributed by atoms with Crippen molar-refractivity contribution in [3.8, 4) is 0 Å². The second kappa shape index (κ2) is 8.43. The molecular formula is C20H30N4O2. The molecule has 0 aromatic heterocycles. The Kier molecular flexibility index (Phi) is 6.01. The highest BCUT2D eigenvalue weighted by Crippen LogP contribution is 2.33. The zero-order valence-corrected chi connectivity index (χ0v) is 15.8. The van der Waals surface area contributed by atoms with Crippen molar-refractivity contribution in [3.63, 3.8) is 0 Å². The molecule has 0 bridgehead atoms. The number of carbonyl (C=O) groups is 2. The number of anilines is 1. The summed E-state index contributed by atoms with van der Waals surface area (Å²) >= 11 is 0. The van der Waals surface area contributed by atoms with E-state index >= 15 is 0 Å². The van der Waals surface area contributed by atoms with Crippen molar-refractivity contribution in [2.45, 2.75) is 44.6 Å². The van der Waals surface area contributed by atoms with Gasteiger partial charge in [0.1, 0.15) is 6.04 Å². The van der Waals surface area contributed by atoms with Gasteiger partial charge in [0.15, 0.2) is 0 Å². The summed E-state index contributed by atoms with van der Waals surface area (Å²) in [5.74, 6) is 0.325. The number of hydrogen-bond acceptors (Lipinski definition) is 3. The average molecular weight is 358 g/mol. The summed E-state index contributed by atoms with van der Waals surface area (Å²) in [7, 11) is 2.10. The van der Waals surface area contributed by atoms with Crippen LogP contribution in [-0.2, 0) is 4.79 Å². The largest absolute Gasteiger partial charge is 0.374 e. The maximum Gasteiger partial charge on any atom is 0.315 e. The van der Waals surface area contributed by atoms with E-state index < -0.39 is 6.04 Å². The van der Waals surface area contributed by atoms with E-state index in [-0.39, 0.29) is 11.9 Å². The van der Waals surface area contributed by atoms with Crippen molar-refractivity contribution < 1.29 is 9.59 Å². The monoisotopic (exact) mass is 358 g/mol. The molecule has 2 atom stereocenters. The van der Waals surface area contributed by atoms with E-state index in [2.05, 4.69) is 34.7 Å². The van der Waals surface area contributed by atoms with Crippen LogP contribution in [0.25, 0.3) is 0 Å². The SMILES string of the molecule is C[C@H](NC(=O)NC[C@H]1CCN(C)c2ccccc21)C(=O)N1CCCCC1. The summed E-state index contributed by atoms with van der Waals surface area (Å²) < 4.78 is 0. The van der Waals surface area contributed by atoms with Crippen LogP contribution in [0.2, 0.25) is 0 Å². The molecule has 3 amide bonds. The quantitative estimate of drug-likeness (QED) is 0.868. The summed E-state index contributed by atoms with van der Waals surface area (Å²) in [4.78, 5) is 28.8. The molecule has 2 aliphatic heterocycles. The third-order valence-corrected chi connectivity index (χ3v) is 5.50. The zero-order valence-electron chi connectivity index (χ0n) is 15.8. The van der Waals surface area contributed by atoms with E-state index in [1.807, 2.05) is 17.0 Å². The molecule has 2 aliphatic rings. The number of urea groups is 1. The number of benzene rings is 1. The molecule has 0 unspecified atom stereocenters. The fourth-order valence-corrected chi connectivity index (χ4v) is 3.93. The Bertz CT molecular complexity index is 642. The fourth-order valence-electron chi connectivity index (χ4n) is 3.93. The lowest BCUT2D eigenvalue weighted by atomic mass is 9.90. The van der Waals surface area contributed by atoms with E-state index in [0.29, 0.717) is 12.5 Å². The molecule has 6 nitrogen and oxygen atoms in total. The summed E-state index contributed by atoms with van der Waals surface area (Å²) in [5.41, 5.74) is 2.51. The van der Waals surface area contributed by atoms with E-state index in [4.69, 9.17) is 0 Å². The Balaban J connectivity index is 1.50. The maximum atomic E-state index is 12.4. The minimum Gasteiger partial charge on any atom is -0.374 e. The molecule has 1 saturated heterocycles. The Labute approximate surface area is 155 Å². The molecule has 6 heteroatoms. The first-order valence-corrected chi connectivity index (χ1v) is 9.69. The molecule has 1 aromatic carbocycles. The Morgan fingerprint density at radius 3 is 2.65 bits per heavy atom. The Morgan fingerprint density at radius 1 is 1.15 bits per heavy atom. The van der Waals surface area contributed by atoms with Gasteiger partial charge >= 0.3 is 6.03 Å². The molecular weight excluding hydrogens is 328 g/mol. The minimum atomic E-state index is -0.488. The predicted molar refractivity (Wildman–Crippen MR) is 103 cm³/mol. The lowest BCUT2D eigenvalue weighted by molar-refractivity contribution is -0.133. The van der Waals surface area contributed by atoms with Gasteiger partial charge in [-0.05, 0) is 44.2 Å². The average Bonchev–Trinajstić information content (AvgIpc) is 2.67. The van der Waals surface area contributed by atoms with Crippen LogP contribution in [0.3, 0.4) is 0 Å². The molecule has 2 heterocycles. The van der Waals surface area contributed by atoms with Crippen molar-refractivity contribution in [2.24, 2.45) is 0 Å². The zero-order chi connectivity index (χ0) is 18.5. The number of fused-ring (bicyclic) bond motifs is 1. The van der Waals surface area contributed by atoms with Crippen LogP contribution in [0.1, 0.15) is 44.1 Å². The molecule has 0 spiro atoms. The molecule has 1 fully saturated rings. The highest BCUT2D eigenvalue weighted by molar-refractivity contribution is 5.86. The van der Waals surface area contributed by atoms with E-state index in [9.17, 15) is 9.59 Å². The first-order chi connectivity index (χ1) is 12.6. The summed E-state index contributed by atoms with van der Waals surface area (Å²) in [6.45, 7) is 4.94. The molecule has 0 radical (unpaired) electrons. The lowest BCUT2D eigenvalue weighted by Crippen LogP contribution is -2.51. The van der Waals surface area contributed by atoms with Crippen LogP contribution in [0.15, 0.2) is 24.3 Å². The van der Waals surface area contributed by atoms with Crippen molar-refractivity contribution in [1.82, 2.24) is 15.5 Å². The number of rotatable bonds is 4. The molecule has 26 heavy (non-hydrogen) atoms. The number of amides is 3. The number of carbonyl (C=O) groups excluding carboxylic acids is 2. The van der Waals surface area contributed by atoms with Crippen molar-refractivity contribution in [2.75, 3.05) is 38.1 Å². The number of nitrogens with one attached hydrogen (secondary N) is 2. The number of para-hydroxylation sites is 1. The third-order valence-electron chi connectivity index (χ3n) is 5.50. The second-order valence-electron chi connectivity index (χ2n) is 7.43. The molecule has 1 aromatic rings. The van der Waals surface area contributed by atoms with Crippen LogP contribution >= 0.6 is 0 Å². The topological polar surface area (TPSA) is 64.7 Å². The molecule has 2 N–H and O–H groups in total. The molecule has 0 saturated carbocycles. The maximum absolute atomic E-state index is 12.4. The minimum absolute atomic E-state index is 0.0180. The number of piperidine rings is 1. The third kappa shape index (κ3) is 4.29. The molecule has 0 aliphatic carbocycles. The standard InChI is InChI=1S/C20H30N4O2/c1-15(19(25)24-11-6-3-7-12-24)22-20(26)21-14-16-10-13-23(2)18-9-5-4-8-17(16)18/h4-5,8-9,15-16H,3,6-7,10-14H2,1-2H3,(H2,21,22,26)/t15-,16+/m0/s1. The van der Waals surface area contributed by atoms with Gasteiger partial charge in [0.2, 0.25) is 5.91 Å². The van der Waals surface area contributed by atoms with Gasteiger partial charge in [-0.3, -0.25) is 4.79 Å². The predicted octanol–water partition coefficient (Wildman–Crippen LogP) is 2.31. The van der Waals surface area contributed by atoms with Crippen LogP contribution < -0.4 is 15.5 Å². The number of likely N-dealkylation sites (tertiary alicyclic amines) is 1. The van der Waals surface area contributed by atoms with Crippen LogP contribution in [0.5, 0.6) is 0 Å². The second-order valence-corrected chi connectivity index (χ2v) is 7.43. The van der Waals surface area contributed by atoms with E-state index in [1.54, 1.807) is 6.92 Å². The van der Waals surface area contributed by atoms with Gasteiger partial charge in [-0.15, -0.1) is 0 Å². The number of nitrogens with zero attached hydrogens (tertiary/aromatic N) is 2. The summed E-state index contributed by atoms with van der Waals surface area (Å²) in [6, 6.07) is 7.60. The van der Waals surface area contributed by atoms with Crippen molar-refractivity contribution in [3.05, 3.63) is 29.8 Å². The van der Waals surface area contributed by atoms with Gasteiger partial charge < -0.3 is 20.4 Å². The fraction of sp³-hybridized carbons (Fsp3) is 0.600. The summed E-state index contributed by atoms with van der Waals surface area (Å²) in [6.07, 6.45) is 4.31. The van der Waals surface area contributed by atoms with Crippen molar-refractivity contribution >= 4 is 17.6 Å². The summed E-state index contributed by atoms with van der Waals surface area (Å²) in [5, 5.41) is 5.76. The smallest absolute Gasteiger partial charge is 0.315 e. The highest BCUT2D eigenvalue weighted by Gasteiger charge is 2.25.